The lowest BCUT2D eigenvalue weighted by Gasteiger charge is -2.04. The van der Waals surface area contributed by atoms with Crippen molar-refractivity contribution in [1.29, 1.82) is 0 Å². The van der Waals surface area contributed by atoms with Crippen molar-refractivity contribution in [3.05, 3.63) is 71.8 Å². The average Bonchev–Trinajstić information content (AvgIpc) is 3.40. The first kappa shape index (κ1) is 20.9. The number of nitrogens with one attached hydrogen (secondary N) is 1. The van der Waals surface area contributed by atoms with Gasteiger partial charge in [0.2, 0.25) is 10.0 Å². The van der Waals surface area contributed by atoms with Crippen LogP contribution in [0.5, 0.6) is 0 Å². The molecule has 31 heavy (non-hydrogen) atoms. The van der Waals surface area contributed by atoms with E-state index in [1.54, 1.807) is 11.6 Å². The smallest absolute Gasteiger partial charge is 0.257 e. The molecule has 9 nitrogen and oxygen atoms in total. The molecule has 0 aliphatic carbocycles. The van der Waals surface area contributed by atoms with Gasteiger partial charge in [0.15, 0.2) is 11.6 Å². The molecule has 4 aromatic rings. The van der Waals surface area contributed by atoms with E-state index in [2.05, 4.69) is 24.9 Å². The molecule has 0 saturated carbocycles. The lowest BCUT2D eigenvalue weighted by molar-refractivity contribution is 0.423. The summed E-state index contributed by atoms with van der Waals surface area (Å²) in [6, 6.07) is 17.1. The van der Waals surface area contributed by atoms with Crippen LogP contribution in [0.2, 0.25) is 0 Å². The molecule has 0 saturated heterocycles. The minimum Gasteiger partial charge on any atom is -0.334 e. The largest absolute Gasteiger partial charge is 0.334 e. The number of hydrogen-bond donors (Lipinski definition) is 1. The standard InChI is InChI=1S/C21H22N6O3S/c1-3-31(28,29)22-14-15-9-11-17(12-10-15)21-23-18(26-30-21)13-19-24-20(25-27(19)2)16-7-5-4-6-8-16/h4-12,22H,3,13-14H2,1-2H3. The van der Waals surface area contributed by atoms with Gasteiger partial charge < -0.3 is 4.52 Å². The molecule has 1 N–H and O–H groups in total. The van der Waals surface area contributed by atoms with Crippen LogP contribution in [0.25, 0.3) is 22.8 Å². The van der Waals surface area contributed by atoms with Crippen LogP contribution in [0, 0.1) is 0 Å². The first-order chi connectivity index (χ1) is 14.9. The second kappa shape index (κ2) is 8.78. The third-order valence-electron chi connectivity index (χ3n) is 4.75. The van der Waals surface area contributed by atoms with E-state index in [0.29, 0.717) is 24.0 Å². The first-order valence-corrected chi connectivity index (χ1v) is 11.4. The molecule has 0 fully saturated rings. The quantitative estimate of drug-likeness (QED) is 0.449. The van der Waals surface area contributed by atoms with Gasteiger partial charge in [0, 0.05) is 24.7 Å². The van der Waals surface area contributed by atoms with Crippen molar-refractivity contribution in [3.8, 4) is 22.8 Å². The third-order valence-corrected chi connectivity index (χ3v) is 6.09. The first-order valence-electron chi connectivity index (χ1n) is 9.78. The fourth-order valence-electron chi connectivity index (χ4n) is 2.93. The summed E-state index contributed by atoms with van der Waals surface area (Å²) in [5.74, 6) is 2.32. The summed E-state index contributed by atoms with van der Waals surface area (Å²) < 4.78 is 32.8. The van der Waals surface area contributed by atoms with Crippen LogP contribution in [0.15, 0.2) is 59.1 Å². The Labute approximate surface area is 180 Å². The monoisotopic (exact) mass is 438 g/mol. The number of rotatable bonds is 8. The maximum atomic E-state index is 11.6. The van der Waals surface area contributed by atoms with Gasteiger partial charge in [-0.15, -0.1) is 0 Å². The van der Waals surface area contributed by atoms with Crippen molar-refractivity contribution in [2.45, 2.75) is 19.9 Å². The number of hydrogen-bond acceptors (Lipinski definition) is 7. The summed E-state index contributed by atoms with van der Waals surface area (Å²) in [4.78, 5) is 9.05. The minimum absolute atomic E-state index is 0.0498. The lowest BCUT2D eigenvalue weighted by Crippen LogP contribution is -2.24. The van der Waals surface area contributed by atoms with Crippen molar-refractivity contribution in [3.63, 3.8) is 0 Å². The van der Waals surface area contributed by atoms with Crippen molar-refractivity contribution in [2.75, 3.05) is 5.75 Å². The van der Waals surface area contributed by atoms with Crippen LogP contribution in [-0.4, -0.2) is 39.1 Å². The number of benzene rings is 2. The Kier molecular flexibility index (Phi) is 5.92. The highest BCUT2D eigenvalue weighted by Gasteiger charge is 2.15. The normalized spacial score (nSPS) is 11.7. The number of nitrogens with zero attached hydrogens (tertiary/aromatic N) is 5. The minimum atomic E-state index is -3.23. The summed E-state index contributed by atoms with van der Waals surface area (Å²) in [6.07, 6.45) is 0.386. The van der Waals surface area contributed by atoms with E-state index in [-0.39, 0.29) is 12.3 Å². The van der Waals surface area contributed by atoms with Crippen LogP contribution in [0.3, 0.4) is 0 Å². The SMILES string of the molecule is CCS(=O)(=O)NCc1ccc(-c2nc(Cc3nc(-c4ccccc4)nn3C)no2)cc1. The molecule has 2 aromatic heterocycles. The maximum absolute atomic E-state index is 11.6. The van der Waals surface area contributed by atoms with Crippen molar-refractivity contribution >= 4 is 10.0 Å². The lowest BCUT2D eigenvalue weighted by atomic mass is 10.1. The molecule has 0 aliphatic heterocycles. The molecular formula is C21H22N6O3S. The van der Waals surface area contributed by atoms with Crippen LogP contribution in [0.4, 0.5) is 0 Å². The summed E-state index contributed by atoms with van der Waals surface area (Å²) in [7, 11) is -1.40. The molecule has 0 amide bonds. The molecule has 4 rings (SSSR count). The highest BCUT2D eigenvalue weighted by Crippen LogP contribution is 2.20. The Morgan fingerprint density at radius 3 is 2.45 bits per heavy atom. The van der Waals surface area contributed by atoms with Gasteiger partial charge in [-0.25, -0.2) is 18.1 Å². The molecule has 0 atom stereocenters. The van der Waals surface area contributed by atoms with E-state index in [9.17, 15) is 8.42 Å². The number of aromatic nitrogens is 5. The highest BCUT2D eigenvalue weighted by atomic mass is 32.2. The second-order valence-corrected chi connectivity index (χ2v) is 9.05. The Balaban J connectivity index is 1.45. The Bertz CT molecular complexity index is 1260. The molecule has 0 spiro atoms. The van der Waals surface area contributed by atoms with Gasteiger partial charge in [-0.3, -0.25) is 4.68 Å². The summed E-state index contributed by atoms with van der Waals surface area (Å²) in [6.45, 7) is 1.84. The average molecular weight is 439 g/mol. The Morgan fingerprint density at radius 2 is 1.74 bits per heavy atom. The van der Waals surface area contributed by atoms with E-state index >= 15 is 0 Å². The van der Waals surface area contributed by atoms with Crippen LogP contribution >= 0.6 is 0 Å². The zero-order valence-electron chi connectivity index (χ0n) is 17.2. The molecule has 0 unspecified atom stereocenters. The highest BCUT2D eigenvalue weighted by molar-refractivity contribution is 7.89. The van der Waals surface area contributed by atoms with Gasteiger partial charge in [0.25, 0.3) is 5.89 Å². The van der Waals surface area contributed by atoms with Crippen LogP contribution < -0.4 is 4.72 Å². The fourth-order valence-corrected chi connectivity index (χ4v) is 3.52. The third kappa shape index (κ3) is 5.04. The van der Waals surface area contributed by atoms with Gasteiger partial charge in [-0.1, -0.05) is 47.6 Å². The zero-order valence-corrected chi connectivity index (χ0v) is 18.0. The van der Waals surface area contributed by atoms with E-state index in [0.717, 1.165) is 22.5 Å². The van der Waals surface area contributed by atoms with Crippen LogP contribution in [-0.2, 0) is 30.0 Å². The van der Waals surface area contributed by atoms with E-state index in [1.165, 1.54) is 0 Å². The van der Waals surface area contributed by atoms with Gasteiger partial charge >= 0.3 is 0 Å². The molecule has 2 heterocycles. The number of sulfonamides is 1. The fraction of sp³-hybridized carbons (Fsp3) is 0.238. The van der Waals surface area contributed by atoms with Gasteiger partial charge in [0.05, 0.1) is 12.2 Å². The van der Waals surface area contributed by atoms with E-state index in [1.807, 2.05) is 61.6 Å². The summed E-state index contributed by atoms with van der Waals surface area (Å²) >= 11 is 0. The Morgan fingerprint density at radius 1 is 1.00 bits per heavy atom. The summed E-state index contributed by atoms with van der Waals surface area (Å²) in [5.41, 5.74) is 2.54. The molecule has 0 aliphatic rings. The second-order valence-electron chi connectivity index (χ2n) is 6.96. The van der Waals surface area contributed by atoms with Crippen molar-refractivity contribution in [1.82, 2.24) is 29.6 Å². The topological polar surface area (TPSA) is 116 Å². The molecular weight excluding hydrogens is 416 g/mol. The Hall–Kier alpha value is -3.37. The molecule has 160 valence electrons. The summed E-state index contributed by atoms with van der Waals surface area (Å²) in [5, 5.41) is 8.52. The molecule has 0 bridgehead atoms. The van der Waals surface area contributed by atoms with E-state index in [4.69, 9.17) is 4.52 Å². The predicted molar refractivity (Wildman–Crippen MR) is 115 cm³/mol. The molecule has 2 aromatic carbocycles. The van der Waals surface area contributed by atoms with Gasteiger partial charge in [-0.05, 0) is 24.6 Å². The van der Waals surface area contributed by atoms with Gasteiger partial charge in [0.1, 0.15) is 5.82 Å². The van der Waals surface area contributed by atoms with Crippen molar-refractivity contribution in [2.24, 2.45) is 7.05 Å². The number of aryl methyl sites for hydroxylation is 1. The zero-order chi connectivity index (χ0) is 21.8. The van der Waals surface area contributed by atoms with Gasteiger partial charge in [-0.2, -0.15) is 10.1 Å². The molecule has 10 heteroatoms. The van der Waals surface area contributed by atoms with E-state index < -0.39 is 10.0 Å². The van der Waals surface area contributed by atoms with Crippen LogP contribution in [0.1, 0.15) is 24.1 Å². The van der Waals surface area contributed by atoms with Crippen molar-refractivity contribution < 1.29 is 12.9 Å². The predicted octanol–water partition coefficient (Wildman–Crippen LogP) is 2.56. The maximum Gasteiger partial charge on any atom is 0.257 e. The molecule has 0 radical (unpaired) electrons.